The molecule has 6 nitrogen and oxygen atoms in total. The van der Waals surface area contributed by atoms with Gasteiger partial charge in [-0.2, -0.15) is 0 Å². The third-order valence-electron chi connectivity index (χ3n) is 6.67. The van der Waals surface area contributed by atoms with Gasteiger partial charge in [0.05, 0.1) is 16.7 Å². The number of ether oxygens (including phenoxy) is 3. The zero-order valence-corrected chi connectivity index (χ0v) is 25.9. The molecule has 204 valence electrons. The molecule has 1 aliphatic rings. The molecule has 5 rings (SSSR count). The van der Waals surface area contributed by atoms with Crippen LogP contribution in [-0.4, -0.2) is 18.4 Å². The van der Waals surface area contributed by atoms with E-state index in [1.54, 1.807) is 42.5 Å². The van der Waals surface area contributed by atoms with Crippen LogP contribution < -0.4 is 48.9 Å². The Balaban J connectivity index is 0.00000387. The molecular weight excluding hydrogens is 574 g/mol. The number of hydrogen-bond donors (Lipinski definition) is 0. The van der Waals surface area contributed by atoms with Crippen LogP contribution in [0.5, 0.6) is 28.7 Å². The molecule has 0 saturated carbocycles. The van der Waals surface area contributed by atoms with Crippen LogP contribution in [0.25, 0.3) is 0 Å². The van der Waals surface area contributed by atoms with Gasteiger partial charge in [0.25, 0.3) is 0 Å². The summed E-state index contributed by atoms with van der Waals surface area (Å²) in [6.45, 7) is 0.267. The van der Waals surface area contributed by atoms with Gasteiger partial charge in [-0.05, 0) is 73.4 Å². The van der Waals surface area contributed by atoms with E-state index in [4.69, 9.17) is 37.4 Å². The number of fused-ring (bicyclic) bond motifs is 1. The first-order chi connectivity index (χ1) is 19.4. The number of carboxylic acids is 1. The van der Waals surface area contributed by atoms with E-state index in [0.29, 0.717) is 70.6 Å². The molecule has 4 aromatic carbocycles. The van der Waals surface area contributed by atoms with Gasteiger partial charge < -0.3 is 24.1 Å². The van der Waals surface area contributed by atoms with Crippen molar-refractivity contribution in [2.24, 2.45) is 0 Å². The number of ketones is 1. The van der Waals surface area contributed by atoms with Crippen molar-refractivity contribution < 1.29 is 58.5 Å². The zero-order chi connectivity index (χ0) is 28.1. The first kappa shape index (κ1) is 30.9. The topological polar surface area (TPSA) is 84.9 Å². The van der Waals surface area contributed by atoms with Crippen molar-refractivity contribution in [2.45, 2.75) is 31.6 Å². The van der Waals surface area contributed by atoms with Crippen molar-refractivity contribution in [3.63, 3.8) is 0 Å². The number of hydrogen-bond acceptors (Lipinski definition) is 6. The molecule has 0 saturated heterocycles. The molecule has 0 fully saturated rings. The monoisotopic (exact) mass is 598 g/mol. The molecule has 1 heterocycles. The van der Waals surface area contributed by atoms with Gasteiger partial charge in [-0.3, -0.25) is 4.79 Å². The molecule has 0 aliphatic carbocycles. The summed E-state index contributed by atoms with van der Waals surface area (Å²) < 4.78 is 17.5. The van der Waals surface area contributed by atoms with Crippen LogP contribution in [0.4, 0.5) is 0 Å². The summed E-state index contributed by atoms with van der Waals surface area (Å²) in [5.41, 5.74) is 2.04. The van der Waals surface area contributed by atoms with Crippen LogP contribution in [0, 0.1) is 0 Å². The second-order valence-corrected chi connectivity index (χ2v) is 10.2. The normalized spacial score (nSPS) is 13.8. The third-order valence-corrected chi connectivity index (χ3v) is 7.28. The van der Waals surface area contributed by atoms with Crippen LogP contribution in [-0.2, 0) is 11.2 Å². The second-order valence-electron chi connectivity index (χ2n) is 9.37. The number of benzene rings is 4. The minimum Gasteiger partial charge on any atom is -0.549 e. The van der Waals surface area contributed by atoms with E-state index in [1.807, 2.05) is 42.5 Å². The van der Waals surface area contributed by atoms with Gasteiger partial charge in [0.2, 0.25) is 0 Å². The third kappa shape index (κ3) is 7.64. The van der Waals surface area contributed by atoms with E-state index in [2.05, 4.69) is 0 Å². The molecule has 0 radical (unpaired) electrons. The van der Waals surface area contributed by atoms with E-state index >= 15 is 0 Å². The average Bonchev–Trinajstić information content (AvgIpc) is 2.95. The van der Waals surface area contributed by atoms with E-state index in [0.717, 1.165) is 5.56 Å². The van der Waals surface area contributed by atoms with Crippen LogP contribution in [0.1, 0.15) is 46.7 Å². The SMILES string of the molecule is O=C(CCCc1ccccc1Oc1ccccc1Cl)c1ccc(Oc2cc3c(cc2Cl)C(C(=O)[O-])CCO3)cc1.[Na+]. The fraction of sp³-hybridized carbons (Fsp3) is 0.188. The van der Waals surface area contributed by atoms with Crippen LogP contribution in [0.3, 0.4) is 0 Å². The summed E-state index contributed by atoms with van der Waals surface area (Å²) in [4.78, 5) is 24.3. The molecule has 4 aromatic rings. The summed E-state index contributed by atoms with van der Waals surface area (Å²) in [5, 5.41) is 12.2. The second kappa shape index (κ2) is 14.3. The quantitative estimate of drug-likeness (QED) is 0.199. The van der Waals surface area contributed by atoms with E-state index in [-0.39, 0.29) is 47.0 Å². The molecule has 41 heavy (non-hydrogen) atoms. The molecule has 1 aliphatic heterocycles. The van der Waals surface area contributed by atoms with Gasteiger partial charge in [0.15, 0.2) is 5.78 Å². The van der Waals surface area contributed by atoms with E-state index in [9.17, 15) is 14.7 Å². The van der Waals surface area contributed by atoms with E-state index < -0.39 is 11.9 Å². The van der Waals surface area contributed by atoms with Gasteiger partial charge in [-0.25, -0.2) is 0 Å². The summed E-state index contributed by atoms with van der Waals surface area (Å²) in [7, 11) is 0. The fourth-order valence-electron chi connectivity index (χ4n) is 4.59. The molecule has 0 amide bonds. The summed E-state index contributed by atoms with van der Waals surface area (Å²) in [5.74, 6) is 0.600. The number of para-hydroxylation sites is 2. The minimum atomic E-state index is -1.16. The van der Waals surface area contributed by atoms with Crippen molar-refractivity contribution in [3.8, 4) is 28.7 Å². The number of halogens is 2. The smallest absolute Gasteiger partial charge is 0.549 e. The molecule has 1 atom stereocenters. The zero-order valence-electron chi connectivity index (χ0n) is 22.4. The van der Waals surface area contributed by atoms with Crippen molar-refractivity contribution in [3.05, 3.63) is 112 Å². The first-order valence-electron chi connectivity index (χ1n) is 12.9. The van der Waals surface area contributed by atoms with Crippen molar-refractivity contribution in [1.29, 1.82) is 0 Å². The molecule has 0 aromatic heterocycles. The van der Waals surface area contributed by atoms with Crippen molar-refractivity contribution >= 4 is 35.0 Å². The van der Waals surface area contributed by atoms with Gasteiger partial charge >= 0.3 is 29.6 Å². The number of carboxylic acid groups (broad SMARTS) is 1. The largest absolute Gasteiger partial charge is 1.00 e. The Morgan fingerprint density at radius 3 is 2.29 bits per heavy atom. The number of rotatable bonds is 10. The standard InChI is InChI=1S/C32H26Cl2O6.Na/c33-25-8-2-4-11-29(25)40-28-10-3-1-6-21(28)7-5-9-27(35)20-12-14-22(15-13-20)39-31-19-30-24(18-26(31)34)23(32(36)37)16-17-38-30;/h1-4,6,8,10-15,18-19,23H,5,7,9,16-17H2,(H,36,37);/q;+1/p-1. The molecule has 9 heteroatoms. The summed E-state index contributed by atoms with van der Waals surface area (Å²) >= 11 is 12.6. The maximum atomic E-state index is 12.8. The molecule has 1 unspecified atom stereocenters. The molecule has 0 spiro atoms. The number of Topliss-reactive ketones (excluding diaryl/α,β-unsaturated/α-hetero) is 1. The predicted octanol–water partition coefficient (Wildman–Crippen LogP) is 4.40. The average molecular weight is 599 g/mol. The number of aryl methyl sites for hydroxylation is 1. The minimum absolute atomic E-state index is 0. The first-order valence-corrected chi connectivity index (χ1v) is 13.6. The van der Waals surface area contributed by atoms with Crippen LogP contribution in [0.15, 0.2) is 84.9 Å². The van der Waals surface area contributed by atoms with Gasteiger partial charge in [0.1, 0.15) is 28.7 Å². The van der Waals surface area contributed by atoms with E-state index in [1.165, 1.54) is 0 Å². The maximum Gasteiger partial charge on any atom is 1.00 e. The van der Waals surface area contributed by atoms with Crippen LogP contribution >= 0.6 is 23.2 Å². The van der Waals surface area contributed by atoms with Crippen molar-refractivity contribution in [1.82, 2.24) is 0 Å². The Bertz CT molecular complexity index is 1540. The number of aliphatic carboxylic acids is 1. The van der Waals surface area contributed by atoms with Gasteiger partial charge in [0, 0.05) is 35.5 Å². The molecule has 0 bridgehead atoms. The van der Waals surface area contributed by atoms with Gasteiger partial charge in [-0.15, -0.1) is 0 Å². The summed E-state index contributed by atoms with van der Waals surface area (Å²) in [6.07, 6.45) is 2.02. The fourth-order valence-corrected chi connectivity index (χ4v) is 4.97. The van der Waals surface area contributed by atoms with Crippen molar-refractivity contribution in [2.75, 3.05) is 6.61 Å². The predicted molar refractivity (Wildman–Crippen MR) is 151 cm³/mol. The Labute approximate surface area is 270 Å². The molecule has 0 N–H and O–H groups in total. The Morgan fingerprint density at radius 1 is 0.854 bits per heavy atom. The Kier molecular flexibility index (Phi) is 10.8. The maximum absolute atomic E-state index is 12.8. The number of carbonyl (C=O) groups excluding carboxylic acids is 2. The van der Waals surface area contributed by atoms with Crippen LogP contribution in [0.2, 0.25) is 10.0 Å². The number of carbonyl (C=O) groups is 2. The summed E-state index contributed by atoms with van der Waals surface area (Å²) in [6, 6.07) is 25.0. The Hall–Kier alpha value is -3.00. The van der Waals surface area contributed by atoms with Gasteiger partial charge in [-0.1, -0.05) is 53.5 Å². The Morgan fingerprint density at radius 2 is 1.56 bits per heavy atom. The molecular formula is C32H25Cl2NaO6.